The summed E-state index contributed by atoms with van der Waals surface area (Å²) in [4.78, 5) is 12.9. The predicted octanol–water partition coefficient (Wildman–Crippen LogP) is 8.32. The maximum absolute atomic E-state index is 6.11. The van der Waals surface area contributed by atoms with Crippen LogP contribution >= 0.6 is 23.2 Å². The fourth-order valence-electron chi connectivity index (χ4n) is 3.15. The van der Waals surface area contributed by atoms with Gasteiger partial charge >= 0.3 is 12.0 Å². The zero-order chi connectivity index (χ0) is 26.9. The summed E-state index contributed by atoms with van der Waals surface area (Å²) in [5.74, 6) is 1.42. The van der Waals surface area contributed by atoms with Crippen LogP contribution in [0, 0.1) is 0 Å². The van der Waals surface area contributed by atoms with Crippen molar-refractivity contribution < 1.29 is 9.47 Å². The van der Waals surface area contributed by atoms with Gasteiger partial charge in [0.2, 0.25) is 5.84 Å². The van der Waals surface area contributed by atoms with Gasteiger partial charge in [0.25, 0.3) is 5.95 Å². The van der Waals surface area contributed by atoms with E-state index in [-0.39, 0.29) is 23.8 Å². The second-order valence-electron chi connectivity index (χ2n) is 7.77. The molecule has 5 rings (SSSR count). The monoisotopic (exact) mass is 555 g/mol. The Hall–Kier alpha value is -4.86. The van der Waals surface area contributed by atoms with Gasteiger partial charge in [-0.2, -0.15) is 15.1 Å². The van der Waals surface area contributed by atoms with E-state index in [0.717, 1.165) is 0 Å². The third-order valence-electron chi connectivity index (χ3n) is 4.96. The van der Waals surface area contributed by atoms with E-state index in [0.29, 0.717) is 32.8 Å². The first-order valence-electron chi connectivity index (χ1n) is 11.6. The fourth-order valence-corrected chi connectivity index (χ4v) is 3.45. The molecular weight excluding hydrogens is 537 g/mol. The number of para-hydroxylation sites is 2. The number of hydrogen-bond donors (Lipinski definition) is 1. The Morgan fingerprint density at radius 2 is 1.21 bits per heavy atom. The average Bonchev–Trinajstić information content (AvgIpc) is 2.96. The Kier molecular flexibility index (Phi) is 8.32. The van der Waals surface area contributed by atoms with E-state index in [4.69, 9.17) is 32.7 Å². The van der Waals surface area contributed by atoms with Crippen LogP contribution in [-0.4, -0.2) is 20.8 Å². The molecule has 0 aliphatic heterocycles. The molecule has 1 heterocycles. The minimum absolute atomic E-state index is 0.0125. The summed E-state index contributed by atoms with van der Waals surface area (Å²) in [6, 6.07) is 32.5. The van der Waals surface area contributed by atoms with Gasteiger partial charge in [-0.15, -0.1) is 15.2 Å². The lowest BCUT2D eigenvalue weighted by Gasteiger charge is -2.09. The van der Waals surface area contributed by atoms with Crippen LogP contribution in [-0.2, 0) is 0 Å². The van der Waals surface area contributed by atoms with E-state index < -0.39 is 0 Å². The molecule has 0 aliphatic carbocycles. The van der Waals surface area contributed by atoms with Crippen molar-refractivity contribution >= 4 is 40.7 Å². The molecule has 39 heavy (non-hydrogen) atoms. The molecule has 0 spiro atoms. The maximum atomic E-state index is 6.11. The van der Waals surface area contributed by atoms with Crippen LogP contribution in [0.5, 0.6) is 23.5 Å². The molecule has 192 valence electrons. The third kappa shape index (κ3) is 7.35. The molecule has 0 atom stereocenters. The fraction of sp³-hybridized carbons (Fsp3) is 0. The molecule has 5 aromatic rings. The molecule has 11 heteroatoms. The van der Waals surface area contributed by atoms with Crippen LogP contribution < -0.4 is 14.9 Å². The predicted molar refractivity (Wildman–Crippen MR) is 150 cm³/mol. The van der Waals surface area contributed by atoms with E-state index >= 15 is 0 Å². The second kappa shape index (κ2) is 12.6. The van der Waals surface area contributed by atoms with Crippen molar-refractivity contribution in [2.75, 3.05) is 5.43 Å². The zero-order valence-electron chi connectivity index (χ0n) is 20.1. The molecule has 0 saturated heterocycles. The molecule has 0 aliphatic rings. The molecule has 0 fully saturated rings. The van der Waals surface area contributed by atoms with E-state index in [1.54, 1.807) is 42.5 Å². The highest BCUT2D eigenvalue weighted by atomic mass is 35.5. The topological polar surface area (TPSA) is 106 Å². The van der Waals surface area contributed by atoms with Gasteiger partial charge in [-0.25, -0.2) is 5.43 Å². The SMILES string of the molecule is Clc1ccc(/N=N/C(=N\Nc2nc(Oc3ccccc3)nc(Oc3ccccc3)n2)c2ccccc2)cc1Cl. The van der Waals surface area contributed by atoms with Crippen molar-refractivity contribution in [1.29, 1.82) is 0 Å². The average molecular weight is 556 g/mol. The van der Waals surface area contributed by atoms with Crippen molar-refractivity contribution in [2.24, 2.45) is 15.3 Å². The van der Waals surface area contributed by atoms with Gasteiger partial charge in [0.1, 0.15) is 11.5 Å². The largest absolute Gasteiger partial charge is 0.424 e. The van der Waals surface area contributed by atoms with Gasteiger partial charge in [0, 0.05) is 5.56 Å². The molecule has 0 amide bonds. The lowest BCUT2D eigenvalue weighted by Crippen LogP contribution is -2.06. The Morgan fingerprint density at radius 3 is 1.77 bits per heavy atom. The van der Waals surface area contributed by atoms with Gasteiger partial charge in [0.15, 0.2) is 0 Å². The smallest absolute Gasteiger partial charge is 0.330 e. The first-order chi connectivity index (χ1) is 19.1. The van der Waals surface area contributed by atoms with Gasteiger partial charge in [-0.1, -0.05) is 89.9 Å². The lowest BCUT2D eigenvalue weighted by atomic mass is 10.2. The molecule has 0 unspecified atom stereocenters. The van der Waals surface area contributed by atoms with Gasteiger partial charge in [-0.3, -0.25) is 0 Å². The van der Waals surface area contributed by atoms with Crippen LogP contribution in [0.25, 0.3) is 0 Å². The summed E-state index contributed by atoms with van der Waals surface area (Å²) >= 11 is 12.1. The third-order valence-corrected chi connectivity index (χ3v) is 5.70. The number of amidine groups is 1. The van der Waals surface area contributed by atoms with Crippen molar-refractivity contribution in [2.45, 2.75) is 0 Å². The Balaban J connectivity index is 1.46. The summed E-state index contributed by atoms with van der Waals surface area (Å²) in [5, 5.41) is 13.7. The minimum atomic E-state index is 0.0125. The van der Waals surface area contributed by atoms with Crippen molar-refractivity contribution in [1.82, 2.24) is 15.0 Å². The van der Waals surface area contributed by atoms with Crippen LogP contribution in [0.1, 0.15) is 5.56 Å². The number of rotatable bonds is 8. The number of halogens is 2. The van der Waals surface area contributed by atoms with E-state index in [1.807, 2.05) is 66.7 Å². The molecule has 4 aromatic carbocycles. The highest BCUT2D eigenvalue weighted by Gasteiger charge is 2.12. The van der Waals surface area contributed by atoms with Crippen molar-refractivity contribution in [3.63, 3.8) is 0 Å². The zero-order valence-corrected chi connectivity index (χ0v) is 21.7. The molecule has 1 aromatic heterocycles. The molecular formula is C28H19Cl2N7O2. The molecule has 1 N–H and O–H groups in total. The van der Waals surface area contributed by atoms with Crippen molar-refractivity contribution in [3.8, 4) is 23.5 Å². The Bertz CT molecular complexity index is 1540. The van der Waals surface area contributed by atoms with Crippen molar-refractivity contribution in [3.05, 3.63) is 125 Å². The molecule has 9 nitrogen and oxygen atoms in total. The van der Waals surface area contributed by atoms with Crippen LogP contribution in [0.3, 0.4) is 0 Å². The van der Waals surface area contributed by atoms with E-state index in [9.17, 15) is 0 Å². The van der Waals surface area contributed by atoms with Gasteiger partial charge in [0.05, 0.1) is 15.7 Å². The summed E-state index contributed by atoms with van der Waals surface area (Å²) in [7, 11) is 0. The van der Waals surface area contributed by atoms with Crippen LogP contribution in [0.15, 0.2) is 125 Å². The Morgan fingerprint density at radius 1 is 0.641 bits per heavy atom. The van der Waals surface area contributed by atoms with Crippen LogP contribution in [0.2, 0.25) is 10.0 Å². The molecule has 0 radical (unpaired) electrons. The minimum Gasteiger partial charge on any atom is -0.424 e. The van der Waals surface area contributed by atoms with E-state index in [2.05, 4.69) is 35.7 Å². The van der Waals surface area contributed by atoms with Crippen LogP contribution in [0.4, 0.5) is 11.6 Å². The number of nitrogens with zero attached hydrogens (tertiary/aromatic N) is 6. The summed E-state index contributed by atoms with van der Waals surface area (Å²) in [5.41, 5.74) is 4.02. The quantitative estimate of drug-likeness (QED) is 0.0892. The van der Waals surface area contributed by atoms with Gasteiger partial charge < -0.3 is 9.47 Å². The Labute approximate surface area is 233 Å². The van der Waals surface area contributed by atoms with Gasteiger partial charge in [-0.05, 0) is 42.5 Å². The first kappa shape index (κ1) is 25.8. The number of ether oxygens (including phenoxy) is 2. The number of nitrogens with one attached hydrogen (secondary N) is 1. The number of benzene rings is 4. The van der Waals surface area contributed by atoms with E-state index in [1.165, 1.54) is 0 Å². The summed E-state index contributed by atoms with van der Waals surface area (Å²) in [6.07, 6.45) is 0. The highest BCUT2D eigenvalue weighted by Crippen LogP contribution is 2.27. The standard InChI is InChI=1S/C28H19Cl2N7O2/c29-23-17-16-20(18-24(23)30)34-35-25(19-10-4-1-5-11-19)36-37-26-31-27(38-21-12-6-2-7-13-21)33-28(32-26)39-22-14-8-3-9-15-22/h1-18H,(H,31,32,33,37)/b35-34+,36-25-. The molecule has 0 bridgehead atoms. The maximum Gasteiger partial charge on any atom is 0.330 e. The normalized spacial score (nSPS) is 11.4. The number of anilines is 1. The summed E-state index contributed by atoms with van der Waals surface area (Å²) in [6.45, 7) is 0. The second-order valence-corrected chi connectivity index (χ2v) is 8.58. The number of hydrazone groups is 1. The highest BCUT2D eigenvalue weighted by molar-refractivity contribution is 6.42. The number of azo groups is 1. The first-order valence-corrected chi connectivity index (χ1v) is 12.4. The molecule has 0 saturated carbocycles. The summed E-state index contributed by atoms with van der Waals surface area (Å²) < 4.78 is 11.6. The number of aromatic nitrogens is 3. The lowest BCUT2D eigenvalue weighted by molar-refractivity contribution is 0.398. The number of hydrogen-bond acceptors (Lipinski definition) is 8.